The van der Waals surface area contributed by atoms with E-state index in [4.69, 9.17) is 15.7 Å². The van der Waals surface area contributed by atoms with Crippen molar-refractivity contribution >= 4 is 11.0 Å². The van der Waals surface area contributed by atoms with Gasteiger partial charge >= 0.3 is 6.36 Å². The monoisotopic (exact) mass is 333 g/mol. The molecule has 0 N–H and O–H groups in total. The first-order valence-electron chi connectivity index (χ1n) is 6.78. The van der Waals surface area contributed by atoms with Gasteiger partial charge in [0.2, 0.25) is 0 Å². The molecule has 0 aliphatic carbocycles. The van der Waals surface area contributed by atoms with Gasteiger partial charge in [0.15, 0.2) is 12.2 Å². The number of ether oxygens (including phenoxy) is 2. The van der Waals surface area contributed by atoms with Gasteiger partial charge in [0.1, 0.15) is 5.75 Å². The zero-order valence-corrected chi connectivity index (χ0v) is 12.1. The molecule has 0 saturated heterocycles. The van der Waals surface area contributed by atoms with Crippen molar-refractivity contribution in [2.45, 2.75) is 6.36 Å². The van der Waals surface area contributed by atoms with Gasteiger partial charge in [0.05, 0.1) is 5.39 Å². The summed E-state index contributed by atoms with van der Waals surface area (Å²) >= 11 is 0. The summed E-state index contributed by atoms with van der Waals surface area (Å²) in [5.41, 5.74) is 1.98. The summed E-state index contributed by atoms with van der Waals surface area (Å²) in [6.45, 7) is 0.0509. The number of hydrogen-bond donors (Lipinski definition) is 0. The first-order chi connectivity index (χ1) is 11.5. The summed E-state index contributed by atoms with van der Waals surface area (Å²) in [6, 6.07) is 10.8. The molecule has 3 aromatic rings. The fourth-order valence-corrected chi connectivity index (χ4v) is 2.16. The first kappa shape index (κ1) is 15.7. The fraction of sp³-hybridized carbons (Fsp3) is 0.118. The van der Waals surface area contributed by atoms with Gasteiger partial charge in [-0.25, -0.2) is 0 Å². The van der Waals surface area contributed by atoms with Crippen molar-refractivity contribution < 1.29 is 27.2 Å². The van der Waals surface area contributed by atoms with E-state index in [0.29, 0.717) is 16.5 Å². The lowest BCUT2D eigenvalue weighted by Gasteiger charge is -2.09. The largest absolute Gasteiger partial charge is 0.573 e. The predicted octanol–water partition coefficient (Wildman–Crippen LogP) is 4.41. The molecular formula is C17H10F3NO3. The van der Waals surface area contributed by atoms with Crippen LogP contribution in [-0.4, -0.2) is 18.1 Å². The third-order valence-electron chi connectivity index (χ3n) is 3.15. The third kappa shape index (κ3) is 3.43. The Morgan fingerprint density at radius 1 is 1.08 bits per heavy atom. The van der Waals surface area contributed by atoms with Crippen molar-refractivity contribution in [1.82, 2.24) is 5.16 Å². The highest BCUT2D eigenvalue weighted by atomic mass is 19.4. The van der Waals surface area contributed by atoms with Gasteiger partial charge in [-0.1, -0.05) is 24.1 Å². The maximum atomic E-state index is 12.2. The second kappa shape index (κ2) is 6.16. The molecule has 0 unspecified atom stereocenters. The van der Waals surface area contributed by atoms with Gasteiger partial charge in [-0.15, -0.1) is 19.6 Å². The van der Waals surface area contributed by atoms with Crippen molar-refractivity contribution in [2.75, 3.05) is 6.61 Å². The summed E-state index contributed by atoms with van der Waals surface area (Å²) in [5.74, 6) is 2.32. The highest BCUT2D eigenvalue weighted by Gasteiger charge is 2.30. The number of rotatable bonds is 4. The lowest BCUT2D eigenvalue weighted by molar-refractivity contribution is -0.274. The van der Waals surface area contributed by atoms with Gasteiger partial charge < -0.3 is 14.0 Å². The van der Waals surface area contributed by atoms with Crippen LogP contribution in [0.15, 0.2) is 47.0 Å². The van der Waals surface area contributed by atoms with Gasteiger partial charge in [-0.05, 0) is 40.5 Å². The van der Waals surface area contributed by atoms with Gasteiger partial charge in [-0.3, -0.25) is 0 Å². The van der Waals surface area contributed by atoms with Crippen LogP contribution in [0, 0.1) is 12.3 Å². The van der Waals surface area contributed by atoms with E-state index in [1.165, 1.54) is 24.3 Å². The predicted molar refractivity (Wildman–Crippen MR) is 80.5 cm³/mol. The molecule has 0 fully saturated rings. The molecule has 0 spiro atoms. The molecule has 0 radical (unpaired) electrons. The SMILES string of the molecule is C#CCOc1noc2ccc(-c3ccc(OC(F)(F)F)cc3)cc12. The van der Waals surface area contributed by atoms with Crippen molar-refractivity contribution in [3.8, 4) is 35.1 Å². The molecule has 0 atom stereocenters. The molecule has 122 valence electrons. The first-order valence-corrected chi connectivity index (χ1v) is 6.78. The second-order valence-corrected chi connectivity index (χ2v) is 4.76. The standard InChI is InChI=1S/C17H10F3NO3/c1-2-9-22-16-14-10-12(5-8-15(14)24-21-16)11-3-6-13(7-4-11)23-17(18,19)20/h1,3-8,10H,9H2. The molecular weight excluding hydrogens is 323 g/mol. The maximum absolute atomic E-state index is 12.2. The van der Waals surface area contributed by atoms with Crippen LogP contribution in [0.1, 0.15) is 0 Å². The number of benzene rings is 2. The zero-order valence-electron chi connectivity index (χ0n) is 12.1. The number of fused-ring (bicyclic) bond motifs is 1. The van der Waals surface area contributed by atoms with E-state index in [-0.39, 0.29) is 18.2 Å². The third-order valence-corrected chi connectivity index (χ3v) is 3.15. The van der Waals surface area contributed by atoms with Crippen LogP contribution in [-0.2, 0) is 0 Å². The van der Waals surface area contributed by atoms with Crippen LogP contribution < -0.4 is 9.47 Å². The van der Waals surface area contributed by atoms with E-state index >= 15 is 0 Å². The van der Waals surface area contributed by atoms with E-state index in [9.17, 15) is 13.2 Å². The Morgan fingerprint density at radius 3 is 2.46 bits per heavy atom. The minimum Gasteiger partial charge on any atom is -0.462 e. The topological polar surface area (TPSA) is 44.5 Å². The molecule has 24 heavy (non-hydrogen) atoms. The van der Waals surface area contributed by atoms with Crippen LogP contribution in [0.5, 0.6) is 11.6 Å². The number of terminal acetylenes is 1. The molecule has 1 aromatic heterocycles. The van der Waals surface area contributed by atoms with E-state index in [0.717, 1.165) is 5.56 Å². The lowest BCUT2D eigenvalue weighted by Crippen LogP contribution is -2.16. The Morgan fingerprint density at radius 2 is 1.79 bits per heavy atom. The quantitative estimate of drug-likeness (QED) is 0.664. The highest BCUT2D eigenvalue weighted by Crippen LogP contribution is 2.31. The molecule has 2 aromatic carbocycles. The number of aromatic nitrogens is 1. The average Bonchev–Trinajstić information content (AvgIpc) is 2.94. The van der Waals surface area contributed by atoms with Crippen LogP contribution in [0.25, 0.3) is 22.1 Å². The lowest BCUT2D eigenvalue weighted by atomic mass is 10.0. The molecule has 0 saturated carbocycles. The normalized spacial score (nSPS) is 11.2. The van der Waals surface area contributed by atoms with E-state index in [2.05, 4.69) is 15.8 Å². The Bertz CT molecular complexity index is 892. The Hall–Kier alpha value is -3.14. The van der Waals surface area contributed by atoms with E-state index < -0.39 is 6.36 Å². The van der Waals surface area contributed by atoms with Crippen LogP contribution >= 0.6 is 0 Å². The van der Waals surface area contributed by atoms with E-state index in [1.54, 1.807) is 18.2 Å². The van der Waals surface area contributed by atoms with Crippen molar-refractivity contribution in [3.05, 3.63) is 42.5 Å². The Kier molecular flexibility index (Phi) is 4.04. The minimum absolute atomic E-state index is 0.0509. The molecule has 3 rings (SSSR count). The molecule has 1 heterocycles. The van der Waals surface area contributed by atoms with Gasteiger partial charge in [0, 0.05) is 0 Å². The van der Waals surface area contributed by atoms with Crippen molar-refractivity contribution in [3.63, 3.8) is 0 Å². The number of halogens is 3. The minimum atomic E-state index is -4.72. The Labute approximate surface area is 134 Å². The summed E-state index contributed by atoms with van der Waals surface area (Å²) in [5, 5.41) is 4.41. The van der Waals surface area contributed by atoms with Crippen LogP contribution in [0.2, 0.25) is 0 Å². The van der Waals surface area contributed by atoms with Gasteiger partial charge in [-0.2, -0.15) is 0 Å². The van der Waals surface area contributed by atoms with Crippen LogP contribution in [0.3, 0.4) is 0 Å². The van der Waals surface area contributed by atoms with Crippen molar-refractivity contribution in [1.29, 1.82) is 0 Å². The smallest absolute Gasteiger partial charge is 0.462 e. The summed E-state index contributed by atoms with van der Waals surface area (Å²) in [6.07, 6.45) is 0.427. The Balaban J connectivity index is 1.90. The molecule has 7 heteroatoms. The second-order valence-electron chi connectivity index (χ2n) is 4.76. The summed E-state index contributed by atoms with van der Waals surface area (Å²) < 4.78 is 50.8. The van der Waals surface area contributed by atoms with E-state index in [1.807, 2.05) is 0 Å². The maximum Gasteiger partial charge on any atom is 0.573 e. The van der Waals surface area contributed by atoms with Gasteiger partial charge in [0.25, 0.3) is 5.88 Å². The highest BCUT2D eigenvalue weighted by molar-refractivity contribution is 5.87. The average molecular weight is 333 g/mol. The zero-order chi connectivity index (χ0) is 17.2. The number of hydrogen-bond acceptors (Lipinski definition) is 4. The molecule has 0 aliphatic heterocycles. The molecule has 0 bridgehead atoms. The summed E-state index contributed by atoms with van der Waals surface area (Å²) in [7, 11) is 0. The van der Waals surface area contributed by atoms with Crippen LogP contribution in [0.4, 0.5) is 13.2 Å². The molecule has 0 aliphatic rings. The number of alkyl halides is 3. The summed E-state index contributed by atoms with van der Waals surface area (Å²) in [4.78, 5) is 0. The molecule has 0 amide bonds. The van der Waals surface area contributed by atoms with Crippen molar-refractivity contribution in [2.24, 2.45) is 0 Å². The molecule has 4 nitrogen and oxygen atoms in total. The number of nitrogens with zero attached hydrogens (tertiary/aromatic N) is 1. The fourth-order valence-electron chi connectivity index (χ4n) is 2.16.